The number of hydrogen-bond donors (Lipinski definition) is 1. The van der Waals surface area contributed by atoms with Crippen molar-refractivity contribution in [1.29, 1.82) is 0 Å². The van der Waals surface area contributed by atoms with Crippen molar-refractivity contribution in [3.63, 3.8) is 0 Å². The number of aryl methyl sites for hydroxylation is 1. The summed E-state index contributed by atoms with van der Waals surface area (Å²) < 4.78 is 5.02. The summed E-state index contributed by atoms with van der Waals surface area (Å²) in [6.45, 7) is 5.37. The fourth-order valence-corrected chi connectivity index (χ4v) is 3.22. The molecular weight excluding hydrogens is 320 g/mol. The number of piperidine rings is 1. The summed E-state index contributed by atoms with van der Waals surface area (Å²) in [4.78, 5) is 37.8. The lowest BCUT2D eigenvalue weighted by Gasteiger charge is -2.38. The summed E-state index contributed by atoms with van der Waals surface area (Å²) in [6, 6.07) is 7.41. The van der Waals surface area contributed by atoms with E-state index in [0.717, 1.165) is 24.8 Å². The van der Waals surface area contributed by atoms with Crippen LogP contribution in [0.3, 0.4) is 0 Å². The quantitative estimate of drug-likeness (QED) is 0.828. The average molecular weight is 346 g/mol. The van der Waals surface area contributed by atoms with Crippen LogP contribution in [-0.2, 0) is 14.3 Å². The van der Waals surface area contributed by atoms with Gasteiger partial charge >= 0.3 is 5.97 Å². The van der Waals surface area contributed by atoms with Crippen LogP contribution in [0.25, 0.3) is 0 Å². The molecule has 0 bridgehead atoms. The van der Waals surface area contributed by atoms with Crippen LogP contribution in [0, 0.1) is 6.92 Å². The Balaban J connectivity index is 1.76. The van der Waals surface area contributed by atoms with E-state index in [4.69, 9.17) is 4.74 Å². The molecule has 0 spiro atoms. The van der Waals surface area contributed by atoms with Crippen molar-refractivity contribution in [2.24, 2.45) is 0 Å². The molecule has 6 heteroatoms. The first-order valence-electron chi connectivity index (χ1n) is 8.70. The Labute approximate surface area is 148 Å². The molecule has 0 radical (unpaired) electrons. The number of benzene rings is 1. The third kappa shape index (κ3) is 5.31. The number of amides is 2. The predicted molar refractivity (Wildman–Crippen MR) is 94.1 cm³/mol. The van der Waals surface area contributed by atoms with Crippen LogP contribution in [0.5, 0.6) is 0 Å². The van der Waals surface area contributed by atoms with E-state index in [1.165, 1.54) is 0 Å². The normalized spacial score (nSPS) is 20.0. The Morgan fingerprint density at radius 3 is 2.52 bits per heavy atom. The van der Waals surface area contributed by atoms with Crippen LogP contribution in [0.1, 0.15) is 49.0 Å². The second-order valence-corrected chi connectivity index (χ2v) is 6.64. The van der Waals surface area contributed by atoms with Gasteiger partial charge in [-0.25, -0.2) is 0 Å². The minimum atomic E-state index is -0.619. The Morgan fingerprint density at radius 1 is 1.20 bits per heavy atom. The standard InChI is InChI=1S/C19H26N2O4/c1-13-6-4-9-16(10-13)19(24)20-11-18(23)25-12-17(22)21-14(2)7-5-8-15(21)3/h4,6,9-10,14-15H,5,7-8,11-12H2,1-3H3,(H,20,24). The van der Waals surface area contributed by atoms with E-state index in [2.05, 4.69) is 5.32 Å². The van der Waals surface area contributed by atoms with Gasteiger partial charge in [-0.05, 0) is 52.2 Å². The molecule has 2 rings (SSSR count). The molecule has 1 heterocycles. The maximum absolute atomic E-state index is 12.3. The van der Waals surface area contributed by atoms with Gasteiger partial charge in [0.2, 0.25) is 0 Å². The summed E-state index contributed by atoms with van der Waals surface area (Å²) in [5.74, 6) is -1.14. The maximum atomic E-state index is 12.3. The molecule has 0 saturated carbocycles. The topological polar surface area (TPSA) is 75.7 Å². The van der Waals surface area contributed by atoms with Crippen LogP contribution >= 0.6 is 0 Å². The van der Waals surface area contributed by atoms with Crippen molar-refractivity contribution in [3.05, 3.63) is 35.4 Å². The fourth-order valence-electron chi connectivity index (χ4n) is 3.22. The van der Waals surface area contributed by atoms with Gasteiger partial charge in [0, 0.05) is 17.6 Å². The van der Waals surface area contributed by atoms with Crippen LogP contribution in [0.2, 0.25) is 0 Å². The lowest BCUT2D eigenvalue weighted by molar-refractivity contribution is -0.154. The third-order valence-electron chi connectivity index (χ3n) is 4.51. The number of likely N-dealkylation sites (tertiary alicyclic amines) is 1. The Hall–Kier alpha value is -2.37. The van der Waals surface area contributed by atoms with E-state index < -0.39 is 5.97 Å². The smallest absolute Gasteiger partial charge is 0.325 e. The van der Waals surface area contributed by atoms with Gasteiger partial charge < -0.3 is 15.0 Å². The highest BCUT2D eigenvalue weighted by molar-refractivity contribution is 5.96. The lowest BCUT2D eigenvalue weighted by atomic mass is 9.97. The van der Waals surface area contributed by atoms with Gasteiger partial charge in [-0.2, -0.15) is 0 Å². The Kier molecular flexibility index (Phi) is 6.56. The molecule has 1 aromatic rings. The monoisotopic (exact) mass is 346 g/mol. The average Bonchev–Trinajstić information content (AvgIpc) is 2.57. The number of ether oxygens (including phenoxy) is 1. The SMILES string of the molecule is Cc1cccc(C(=O)NCC(=O)OCC(=O)N2C(C)CCCC2C)c1. The molecule has 0 aliphatic carbocycles. The van der Waals surface area contributed by atoms with Gasteiger partial charge in [0.15, 0.2) is 6.61 Å². The summed E-state index contributed by atoms with van der Waals surface area (Å²) in [5.41, 5.74) is 1.45. The molecule has 6 nitrogen and oxygen atoms in total. The summed E-state index contributed by atoms with van der Waals surface area (Å²) in [6.07, 6.45) is 3.05. The number of carbonyl (C=O) groups excluding carboxylic acids is 3. The van der Waals surface area contributed by atoms with Crippen LogP contribution in [0.15, 0.2) is 24.3 Å². The molecule has 136 valence electrons. The minimum absolute atomic E-state index is 0.163. The van der Waals surface area contributed by atoms with Gasteiger partial charge in [0.1, 0.15) is 6.54 Å². The van der Waals surface area contributed by atoms with E-state index >= 15 is 0 Å². The number of nitrogens with zero attached hydrogens (tertiary/aromatic N) is 1. The second-order valence-electron chi connectivity index (χ2n) is 6.64. The highest BCUT2D eigenvalue weighted by Crippen LogP contribution is 2.22. The summed E-state index contributed by atoms with van der Waals surface area (Å²) >= 11 is 0. The second kappa shape index (κ2) is 8.65. The molecular formula is C19H26N2O4. The van der Waals surface area contributed by atoms with E-state index in [-0.39, 0.29) is 37.0 Å². The fraction of sp³-hybridized carbons (Fsp3) is 0.526. The zero-order chi connectivity index (χ0) is 18.4. The minimum Gasteiger partial charge on any atom is -0.454 e. The molecule has 1 aliphatic heterocycles. The molecule has 25 heavy (non-hydrogen) atoms. The van der Waals surface area contributed by atoms with E-state index in [1.54, 1.807) is 23.1 Å². The van der Waals surface area contributed by atoms with Crippen LogP contribution in [-0.4, -0.2) is 47.9 Å². The first-order chi connectivity index (χ1) is 11.9. The first kappa shape index (κ1) is 19.0. The van der Waals surface area contributed by atoms with Gasteiger partial charge in [-0.3, -0.25) is 14.4 Å². The van der Waals surface area contributed by atoms with Crippen LogP contribution < -0.4 is 5.32 Å². The van der Waals surface area contributed by atoms with Crippen molar-refractivity contribution in [1.82, 2.24) is 10.2 Å². The summed E-state index contributed by atoms with van der Waals surface area (Å²) in [7, 11) is 0. The van der Waals surface area contributed by atoms with Gasteiger partial charge in [0.25, 0.3) is 11.8 Å². The third-order valence-corrected chi connectivity index (χ3v) is 4.51. The number of rotatable bonds is 5. The lowest BCUT2D eigenvalue weighted by Crippen LogP contribution is -2.49. The van der Waals surface area contributed by atoms with E-state index in [1.807, 2.05) is 26.8 Å². The van der Waals surface area contributed by atoms with Crippen molar-refractivity contribution in [3.8, 4) is 0 Å². The van der Waals surface area contributed by atoms with Crippen molar-refractivity contribution >= 4 is 17.8 Å². The largest absolute Gasteiger partial charge is 0.454 e. The van der Waals surface area contributed by atoms with Gasteiger partial charge in [-0.15, -0.1) is 0 Å². The predicted octanol–water partition coefficient (Wildman–Crippen LogP) is 2.06. The van der Waals surface area contributed by atoms with Gasteiger partial charge in [-0.1, -0.05) is 17.7 Å². The zero-order valence-corrected chi connectivity index (χ0v) is 15.1. The first-order valence-corrected chi connectivity index (χ1v) is 8.70. The molecule has 1 aromatic carbocycles. The highest BCUT2D eigenvalue weighted by Gasteiger charge is 2.29. The number of esters is 1. The maximum Gasteiger partial charge on any atom is 0.325 e. The number of carbonyl (C=O) groups is 3. The molecule has 1 aliphatic rings. The molecule has 1 saturated heterocycles. The van der Waals surface area contributed by atoms with Gasteiger partial charge in [0.05, 0.1) is 0 Å². The van der Waals surface area contributed by atoms with Crippen molar-refractivity contribution in [2.75, 3.05) is 13.2 Å². The van der Waals surface area contributed by atoms with Crippen molar-refractivity contribution < 1.29 is 19.1 Å². The molecule has 2 atom stereocenters. The van der Waals surface area contributed by atoms with Crippen LogP contribution in [0.4, 0.5) is 0 Å². The Bertz CT molecular complexity index is 634. The zero-order valence-electron chi connectivity index (χ0n) is 15.1. The molecule has 2 unspecified atom stereocenters. The number of nitrogens with one attached hydrogen (secondary N) is 1. The molecule has 1 N–H and O–H groups in total. The number of hydrogen-bond acceptors (Lipinski definition) is 4. The molecule has 2 amide bonds. The highest BCUT2D eigenvalue weighted by atomic mass is 16.5. The van der Waals surface area contributed by atoms with E-state index in [9.17, 15) is 14.4 Å². The Morgan fingerprint density at radius 2 is 1.88 bits per heavy atom. The van der Waals surface area contributed by atoms with Crippen molar-refractivity contribution in [2.45, 2.75) is 52.1 Å². The molecule has 0 aromatic heterocycles. The summed E-state index contributed by atoms with van der Waals surface area (Å²) in [5, 5.41) is 2.51. The van der Waals surface area contributed by atoms with E-state index in [0.29, 0.717) is 5.56 Å². The molecule has 1 fully saturated rings.